The van der Waals surface area contributed by atoms with E-state index in [-0.39, 0.29) is 0 Å². The lowest BCUT2D eigenvalue weighted by Gasteiger charge is -2.16. The number of fused-ring (bicyclic) bond motifs is 3. The number of nitrogens with one attached hydrogen (secondary N) is 2. The van der Waals surface area contributed by atoms with Gasteiger partial charge in [-0.15, -0.1) is 0 Å². The topological polar surface area (TPSA) is 48.2 Å². The summed E-state index contributed by atoms with van der Waals surface area (Å²) >= 11 is 0. The molecule has 1 aliphatic rings. The molecule has 2 N–H and O–H groups in total. The second-order valence-corrected chi connectivity index (χ2v) is 5.94. The fourth-order valence-electron chi connectivity index (χ4n) is 2.99. The van der Waals surface area contributed by atoms with Gasteiger partial charge in [0.25, 0.3) is 0 Å². The van der Waals surface area contributed by atoms with Crippen molar-refractivity contribution in [2.24, 2.45) is 5.10 Å². The van der Waals surface area contributed by atoms with E-state index in [1.165, 1.54) is 5.56 Å². The summed E-state index contributed by atoms with van der Waals surface area (Å²) in [5.74, 6) is 0. The van der Waals surface area contributed by atoms with Crippen LogP contribution < -0.4 is 5.43 Å². The van der Waals surface area contributed by atoms with Crippen LogP contribution in [0.2, 0.25) is 0 Å². The molecule has 3 nitrogen and oxygen atoms in total. The average molecular weight is 311 g/mol. The Kier molecular flexibility index (Phi) is 3.47. The molecule has 0 saturated carbocycles. The second kappa shape index (κ2) is 5.78. The van der Waals surface area contributed by atoms with E-state index in [1.54, 1.807) is 0 Å². The summed E-state index contributed by atoms with van der Waals surface area (Å²) in [5, 5.41) is 15.3. The van der Waals surface area contributed by atoms with Crippen LogP contribution in [0.5, 0.6) is 0 Å². The monoisotopic (exact) mass is 311 g/mol. The first-order valence-electron chi connectivity index (χ1n) is 7.92. The molecule has 0 radical (unpaired) electrons. The summed E-state index contributed by atoms with van der Waals surface area (Å²) in [6.07, 6.45) is 3.92. The first kappa shape index (κ1) is 14.4. The lowest BCUT2D eigenvalue weighted by Crippen LogP contribution is -2.18. The van der Waals surface area contributed by atoms with Gasteiger partial charge in [-0.25, -0.2) is 0 Å². The summed E-state index contributed by atoms with van der Waals surface area (Å²) in [7, 11) is 0. The number of nitrogens with zero attached hydrogens (tertiary/aromatic N) is 1. The Bertz CT molecular complexity index is 998. The summed E-state index contributed by atoms with van der Waals surface area (Å²) in [4.78, 5) is 0. The first-order chi connectivity index (χ1) is 11.7. The molecular formula is C21H17N3. The molecule has 0 fully saturated rings. The van der Waals surface area contributed by atoms with E-state index in [4.69, 9.17) is 5.41 Å². The van der Waals surface area contributed by atoms with E-state index in [0.717, 1.165) is 27.6 Å². The molecule has 116 valence electrons. The Morgan fingerprint density at radius 3 is 2.58 bits per heavy atom. The number of rotatable bonds is 2. The van der Waals surface area contributed by atoms with Crippen molar-refractivity contribution in [1.29, 1.82) is 5.41 Å². The molecule has 0 unspecified atom stereocenters. The van der Waals surface area contributed by atoms with Gasteiger partial charge in [0.1, 0.15) is 5.71 Å². The number of hydrogen-bond acceptors (Lipinski definition) is 3. The largest absolute Gasteiger partial charge is 0.298 e. The van der Waals surface area contributed by atoms with Gasteiger partial charge in [0.05, 0.1) is 11.4 Å². The van der Waals surface area contributed by atoms with Gasteiger partial charge in [-0.1, -0.05) is 60.2 Å². The van der Waals surface area contributed by atoms with Crippen molar-refractivity contribution in [2.75, 3.05) is 5.43 Å². The molecule has 0 bridgehead atoms. The average Bonchev–Trinajstić information content (AvgIpc) is 2.61. The predicted octanol–water partition coefficient (Wildman–Crippen LogP) is 5.01. The zero-order valence-electron chi connectivity index (χ0n) is 13.4. The molecule has 3 aromatic carbocycles. The van der Waals surface area contributed by atoms with Crippen LogP contribution in [0.15, 0.2) is 71.8 Å². The SMILES string of the molecule is Cc1ccc2c3c(ccc2c1)C=C/C(=N/Nc1ccccc1)C3=N. The van der Waals surface area contributed by atoms with Gasteiger partial charge in [0.15, 0.2) is 0 Å². The Balaban J connectivity index is 1.76. The van der Waals surface area contributed by atoms with Crippen LogP contribution in [-0.2, 0) is 0 Å². The van der Waals surface area contributed by atoms with E-state index in [2.05, 4.69) is 47.8 Å². The fourth-order valence-corrected chi connectivity index (χ4v) is 2.99. The highest BCUT2D eigenvalue weighted by Crippen LogP contribution is 2.28. The summed E-state index contributed by atoms with van der Waals surface area (Å²) < 4.78 is 0. The normalized spacial score (nSPS) is 14.9. The quantitative estimate of drug-likeness (QED) is 0.642. The molecule has 0 aromatic heterocycles. The Morgan fingerprint density at radius 1 is 0.917 bits per heavy atom. The van der Waals surface area contributed by atoms with E-state index >= 15 is 0 Å². The van der Waals surface area contributed by atoms with Crippen LogP contribution in [0.4, 0.5) is 5.69 Å². The van der Waals surface area contributed by atoms with Crippen LogP contribution in [-0.4, -0.2) is 11.4 Å². The lowest BCUT2D eigenvalue weighted by atomic mass is 9.89. The van der Waals surface area contributed by atoms with Crippen molar-refractivity contribution in [3.8, 4) is 0 Å². The molecule has 24 heavy (non-hydrogen) atoms. The Labute approximate surface area is 140 Å². The van der Waals surface area contributed by atoms with Gasteiger partial charge < -0.3 is 0 Å². The fraction of sp³-hybridized carbons (Fsp3) is 0.0476. The molecule has 0 amide bonds. The van der Waals surface area contributed by atoms with Crippen LogP contribution in [0, 0.1) is 12.3 Å². The van der Waals surface area contributed by atoms with Gasteiger partial charge in [0, 0.05) is 5.56 Å². The molecule has 3 aromatic rings. The van der Waals surface area contributed by atoms with Crippen molar-refractivity contribution in [2.45, 2.75) is 6.92 Å². The van der Waals surface area contributed by atoms with Crippen molar-refractivity contribution < 1.29 is 0 Å². The highest BCUT2D eigenvalue weighted by molar-refractivity contribution is 6.54. The van der Waals surface area contributed by atoms with Crippen LogP contribution in [0.1, 0.15) is 16.7 Å². The molecule has 1 aliphatic carbocycles. The molecule has 0 aliphatic heterocycles. The second-order valence-electron chi connectivity index (χ2n) is 5.94. The third-order valence-corrected chi connectivity index (χ3v) is 4.21. The first-order valence-corrected chi connectivity index (χ1v) is 7.92. The third-order valence-electron chi connectivity index (χ3n) is 4.21. The highest BCUT2D eigenvalue weighted by Gasteiger charge is 2.18. The molecule has 3 heteroatoms. The van der Waals surface area contributed by atoms with Crippen LogP contribution in [0.3, 0.4) is 0 Å². The van der Waals surface area contributed by atoms with E-state index in [1.807, 2.05) is 42.5 Å². The van der Waals surface area contributed by atoms with E-state index in [0.29, 0.717) is 11.4 Å². The molecular weight excluding hydrogens is 294 g/mol. The standard InChI is InChI=1S/C21H17N3/c1-14-7-11-18-16(13-14)9-8-15-10-12-19(21(22)20(15)18)24-23-17-5-3-2-4-6-17/h2-13,22-23H,1H3/b22-21?,24-19-. The number of benzene rings is 3. The summed E-state index contributed by atoms with van der Waals surface area (Å²) in [6, 6.07) is 20.3. The maximum atomic E-state index is 8.61. The Morgan fingerprint density at radius 2 is 1.75 bits per heavy atom. The van der Waals surface area contributed by atoms with Gasteiger partial charge in [0.2, 0.25) is 0 Å². The van der Waals surface area contributed by atoms with Crippen LogP contribution >= 0.6 is 0 Å². The predicted molar refractivity (Wildman–Crippen MR) is 102 cm³/mol. The smallest absolute Gasteiger partial charge is 0.109 e. The molecule has 0 saturated heterocycles. The number of aryl methyl sites for hydroxylation is 1. The highest BCUT2D eigenvalue weighted by atomic mass is 15.3. The summed E-state index contributed by atoms with van der Waals surface area (Å²) in [5.41, 5.74) is 8.26. The number of anilines is 1. The zero-order valence-corrected chi connectivity index (χ0v) is 13.4. The molecule has 0 spiro atoms. The van der Waals surface area contributed by atoms with E-state index < -0.39 is 0 Å². The van der Waals surface area contributed by atoms with Crippen LogP contribution in [0.25, 0.3) is 16.8 Å². The van der Waals surface area contributed by atoms with Gasteiger partial charge >= 0.3 is 0 Å². The van der Waals surface area contributed by atoms with E-state index in [9.17, 15) is 0 Å². The number of allylic oxidation sites excluding steroid dienone is 1. The molecule has 0 atom stereocenters. The van der Waals surface area contributed by atoms with Gasteiger partial charge in [-0.3, -0.25) is 10.8 Å². The Hall–Kier alpha value is -3.20. The maximum absolute atomic E-state index is 8.61. The van der Waals surface area contributed by atoms with Gasteiger partial charge in [-0.2, -0.15) is 5.10 Å². The van der Waals surface area contributed by atoms with Crippen molar-refractivity contribution in [1.82, 2.24) is 0 Å². The minimum atomic E-state index is 0.449. The third kappa shape index (κ3) is 2.50. The number of para-hydroxylation sites is 1. The number of hydrogen-bond donors (Lipinski definition) is 2. The maximum Gasteiger partial charge on any atom is 0.109 e. The summed E-state index contributed by atoms with van der Waals surface area (Å²) in [6.45, 7) is 2.08. The number of hydrazone groups is 1. The zero-order chi connectivity index (χ0) is 16.5. The minimum absolute atomic E-state index is 0.449. The molecule has 0 heterocycles. The lowest BCUT2D eigenvalue weighted by molar-refractivity contribution is 1.34. The minimum Gasteiger partial charge on any atom is -0.298 e. The molecule has 4 rings (SSSR count). The van der Waals surface area contributed by atoms with Crippen molar-refractivity contribution >= 4 is 34.0 Å². The van der Waals surface area contributed by atoms with Gasteiger partial charge in [-0.05, 0) is 41.5 Å². The van der Waals surface area contributed by atoms with Crippen molar-refractivity contribution in [3.63, 3.8) is 0 Å². The van der Waals surface area contributed by atoms with Crippen molar-refractivity contribution in [3.05, 3.63) is 83.4 Å².